The minimum Gasteiger partial charge on any atom is -0.0622 e. The van der Waals surface area contributed by atoms with E-state index in [1.54, 1.807) is 0 Å². The Labute approximate surface area is 234 Å². The van der Waals surface area contributed by atoms with E-state index in [-0.39, 0.29) is 0 Å². The first-order chi connectivity index (χ1) is 19.7. The van der Waals surface area contributed by atoms with Gasteiger partial charge in [-0.05, 0) is 126 Å². The summed E-state index contributed by atoms with van der Waals surface area (Å²) < 4.78 is 0. The van der Waals surface area contributed by atoms with E-state index in [0.717, 1.165) is 0 Å². The van der Waals surface area contributed by atoms with Crippen LogP contribution in [0, 0.1) is 13.8 Å². The molecule has 188 valence electrons. The zero-order chi connectivity index (χ0) is 26.8. The Hall–Kier alpha value is -4.94. The second-order valence-corrected chi connectivity index (χ2v) is 11.1. The van der Waals surface area contributed by atoms with Crippen molar-refractivity contribution < 1.29 is 0 Å². The van der Waals surface area contributed by atoms with E-state index in [2.05, 4.69) is 147 Å². The third-order valence-electron chi connectivity index (χ3n) is 8.70. The van der Waals surface area contributed by atoms with Gasteiger partial charge in [0, 0.05) is 0 Å². The van der Waals surface area contributed by atoms with Crippen molar-refractivity contribution in [3.8, 4) is 33.4 Å². The normalized spacial score (nSPS) is 11.8. The Kier molecular flexibility index (Phi) is 5.06. The van der Waals surface area contributed by atoms with Gasteiger partial charge in [-0.2, -0.15) is 0 Å². The lowest BCUT2D eigenvalue weighted by Gasteiger charge is -2.20. The van der Waals surface area contributed by atoms with Gasteiger partial charge < -0.3 is 0 Å². The van der Waals surface area contributed by atoms with Crippen molar-refractivity contribution in [2.24, 2.45) is 0 Å². The van der Waals surface area contributed by atoms with Crippen molar-refractivity contribution >= 4 is 43.1 Å². The summed E-state index contributed by atoms with van der Waals surface area (Å²) in [5, 5.41) is 10.4. The minimum absolute atomic E-state index is 1.24. The summed E-state index contributed by atoms with van der Waals surface area (Å²) in [4.78, 5) is 0. The summed E-state index contributed by atoms with van der Waals surface area (Å²) in [5.74, 6) is 0. The molecule has 0 saturated heterocycles. The second-order valence-electron chi connectivity index (χ2n) is 11.1. The molecule has 0 saturated carbocycles. The average molecular weight is 509 g/mol. The Morgan fingerprint density at radius 1 is 0.325 bits per heavy atom. The molecule has 0 aliphatic carbocycles. The lowest BCUT2D eigenvalue weighted by Crippen LogP contribution is -1.93. The average Bonchev–Trinajstić information content (AvgIpc) is 3.00. The van der Waals surface area contributed by atoms with Crippen LogP contribution in [0.25, 0.3) is 76.5 Å². The van der Waals surface area contributed by atoms with Gasteiger partial charge >= 0.3 is 0 Å². The number of rotatable bonds is 3. The molecule has 0 bridgehead atoms. The van der Waals surface area contributed by atoms with Crippen LogP contribution in [0.3, 0.4) is 0 Å². The standard InChI is InChI=1S/C40H28/c1-25-18-19-30(20-26(25)2)36-23-31-14-9-17-34-37(24-32-15-8-16-33(36)39(32)40(31)34)38-22-29-13-7-6-12-28(29)21-35(38)27-10-4-3-5-11-27/h3-24H,1-2H3. The summed E-state index contributed by atoms with van der Waals surface area (Å²) in [7, 11) is 0. The van der Waals surface area contributed by atoms with E-state index < -0.39 is 0 Å². The quantitative estimate of drug-likeness (QED) is 0.208. The molecule has 0 heteroatoms. The molecule has 0 N–H and O–H groups in total. The molecule has 0 aliphatic rings. The maximum Gasteiger partial charge on any atom is -0.00201 e. The smallest absolute Gasteiger partial charge is 0.00201 e. The van der Waals surface area contributed by atoms with E-state index in [9.17, 15) is 0 Å². The van der Waals surface area contributed by atoms with Crippen molar-refractivity contribution in [3.63, 3.8) is 0 Å². The van der Waals surface area contributed by atoms with Gasteiger partial charge in [0.2, 0.25) is 0 Å². The third-order valence-corrected chi connectivity index (χ3v) is 8.70. The summed E-state index contributed by atoms with van der Waals surface area (Å²) in [6.07, 6.45) is 0. The molecule has 0 unspecified atom stereocenters. The molecule has 0 radical (unpaired) electrons. The van der Waals surface area contributed by atoms with Crippen LogP contribution in [0.5, 0.6) is 0 Å². The molecular formula is C40H28. The van der Waals surface area contributed by atoms with Gasteiger partial charge in [0.05, 0.1) is 0 Å². The van der Waals surface area contributed by atoms with E-state index in [0.29, 0.717) is 0 Å². The monoisotopic (exact) mass is 508 g/mol. The lowest BCUT2D eigenvalue weighted by atomic mass is 9.83. The number of hydrogen-bond donors (Lipinski definition) is 0. The molecule has 0 aliphatic heterocycles. The largest absolute Gasteiger partial charge is 0.0622 e. The number of fused-ring (bicyclic) bond motifs is 1. The summed E-state index contributed by atoms with van der Waals surface area (Å²) in [5.41, 5.74) is 10.3. The van der Waals surface area contributed by atoms with Crippen LogP contribution >= 0.6 is 0 Å². The molecule has 0 nitrogen and oxygen atoms in total. The van der Waals surface area contributed by atoms with Crippen LogP contribution < -0.4 is 0 Å². The first-order valence-corrected chi connectivity index (χ1v) is 14.0. The lowest BCUT2D eigenvalue weighted by molar-refractivity contribution is 1.34. The maximum absolute atomic E-state index is 2.42. The highest BCUT2D eigenvalue weighted by Gasteiger charge is 2.19. The van der Waals surface area contributed by atoms with Gasteiger partial charge in [-0.3, -0.25) is 0 Å². The first-order valence-electron chi connectivity index (χ1n) is 14.0. The summed E-state index contributed by atoms with van der Waals surface area (Å²) >= 11 is 0. The molecule has 0 amide bonds. The van der Waals surface area contributed by atoms with Crippen LogP contribution in [0.2, 0.25) is 0 Å². The fraction of sp³-hybridized carbons (Fsp3) is 0.0500. The summed E-state index contributed by atoms with van der Waals surface area (Å²) in [6, 6.07) is 49.5. The molecule has 0 atom stereocenters. The van der Waals surface area contributed by atoms with Crippen molar-refractivity contribution in [2.75, 3.05) is 0 Å². The molecule has 0 aromatic heterocycles. The van der Waals surface area contributed by atoms with Crippen LogP contribution in [0.4, 0.5) is 0 Å². The van der Waals surface area contributed by atoms with Crippen LogP contribution in [0.1, 0.15) is 11.1 Å². The fourth-order valence-corrected chi connectivity index (χ4v) is 6.54. The Balaban J connectivity index is 1.49. The molecule has 0 spiro atoms. The SMILES string of the molecule is Cc1ccc(-c2cc3cccc4c(-c5cc6ccccc6cc5-c5ccccc5)cc5cccc2c5c34)cc1C. The zero-order valence-electron chi connectivity index (χ0n) is 22.7. The minimum atomic E-state index is 1.24. The Bertz CT molecular complexity index is 2220. The molecule has 0 heterocycles. The molecule has 0 fully saturated rings. The highest BCUT2D eigenvalue weighted by Crippen LogP contribution is 2.46. The van der Waals surface area contributed by atoms with E-state index in [1.165, 1.54) is 87.6 Å². The van der Waals surface area contributed by atoms with E-state index in [4.69, 9.17) is 0 Å². The Morgan fingerprint density at radius 3 is 1.55 bits per heavy atom. The molecule has 8 aromatic carbocycles. The maximum atomic E-state index is 2.42. The van der Waals surface area contributed by atoms with Crippen molar-refractivity contribution in [3.05, 3.63) is 145 Å². The molecule has 8 rings (SSSR count). The van der Waals surface area contributed by atoms with Crippen molar-refractivity contribution in [1.82, 2.24) is 0 Å². The molecular weight excluding hydrogens is 480 g/mol. The van der Waals surface area contributed by atoms with Crippen molar-refractivity contribution in [1.29, 1.82) is 0 Å². The Morgan fingerprint density at radius 2 is 0.875 bits per heavy atom. The van der Waals surface area contributed by atoms with Gasteiger partial charge in [-0.1, -0.05) is 109 Å². The van der Waals surface area contributed by atoms with Crippen LogP contribution in [-0.4, -0.2) is 0 Å². The van der Waals surface area contributed by atoms with Crippen LogP contribution in [0.15, 0.2) is 133 Å². The molecule has 8 aromatic rings. The van der Waals surface area contributed by atoms with Gasteiger partial charge in [0.15, 0.2) is 0 Å². The van der Waals surface area contributed by atoms with Gasteiger partial charge in [-0.15, -0.1) is 0 Å². The van der Waals surface area contributed by atoms with Gasteiger partial charge in [-0.25, -0.2) is 0 Å². The highest BCUT2D eigenvalue weighted by molar-refractivity contribution is 6.29. The summed E-state index contributed by atoms with van der Waals surface area (Å²) in [6.45, 7) is 4.39. The number of benzene rings is 8. The zero-order valence-corrected chi connectivity index (χ0v) is 22.7. The van der Waals surface area contributed by atoms with Gasteiger partial charge in [0.1, 0.15) is 0 Å². The molecule has 40 heavy (non-hydrogen) atoms. The topological polar surface area (TPSA) is 0 Å². The van der Waals surface area contributed by atoms with Crippen molar-refractivity contribution in [2.45, 2.75) is 13.8 Å². The number of aryl methyl sites for hydroxylation is 2. The first kappa shape index (κ1) is 23.0. The fourth-order valence-electron chi connectivity index (χ4n) is 6.54. The van der Waals surface area contributed by atoms with Crippen LogP contribution in [-0.2, 0) is 0 Å². The van der Waals surface area contributed by atoms with E-state index in [1.807, 2.05) is 0 Å². The van der Waals surface area contributed by atoms with Gasteiger partial charge in [0.25, 0.3) is 0 Å². The number of hydrogen-bond acceptors (Lipinski definition) is 0. The highest BCUT2D eigenvalue weighted by atomic mass is 14.2. The van der Waals surface area contributed by atoms with E-state index >= 15 is 0 Å². The predicted molar refractivity (Wildman–Crippen MR) is 173 cm³/mol. The second kappa shape index (κ2) is 8.79. The predicted octanol–water partition coefficient (Wildman–Crippen LogP) is 11.4. The third kappa shape index (κ3) is 3.46.